The maximum atomic E-state index is 10.7. The van der Waals surface area contributed by atoms with Crippen LogP contribution in [0.25, 0.3) is 5.65 Å². The first-order chi connectivity index (χ1) is 11.6. The first-order valence-electron chi connectivity index (χ1n) is 6.93. The molecular weight excluding hydrogens is 318 g/mol. The molecule has 3 rings (SSSR count). The number of fused-ring (bicyclic) bond motifs is 1. The first-order valence-corrected chi connectivity index (χ1v) is 6.93. The van der Waals surface area contributed by atoms with Gasteiger partial charge in [-0.2, -0.15) is 0 Å². The van der Waals surface area contributed by atoms with Crippen LogP contribution < -0.4 is 5.32 Å². The minimum Gasteiger partial charge on any atom is -0.394 e. The molecule has 2 aromatic heterocycles. The Morgan fingerprint density at radius 1 is 1.25 bits per heavy atom. The highest BCUT2D eigenvalue weighted by Gasteiger charge is 2.21. The highest BCUT2D eigenvalue weighted by molar-refractivity contribution is 5.43. The Balaban J connectivity index is 1.77. The Labute approximate surface area is 134 Å². The van der Waals surface area contributed by atoms with Gasteiger partial charge in [0.15, 0.2) is 5.65 Å². The largest absolute Gasteiger partial charge is 0.394 e. The van der Waals surface area contributed by atoms with Crippen LogP contribution in [0.4, 0.5) is 11.5 Å². The summed E-state index contributed by atoms with van der Waals surface area (Å²) in [5.41, 5.74) is 0.804. The van der Waals surface area contributed by atoms with Gasteiger partial charge in [-0.05, 0) is 40.3 Å². The number of nitrogens with one attached hydrogen (secondary N) is 1. The molecule has 0 radical (unpaired) electrons. The lowest BCUT2D eigenvalue weighted by atomic mass is 10.0. The molecule has 0 saturated carbocycles. The van der Waals surface area contributed by atoms with E-state index in [1.165, 1.54) is 28.9 Å². The molecule has 0 unspecified atom stereocenters. The predicted octanol–water partition coefficient (Wildman–Crippen LogP) is -0.0661. The lowest BCUT2D eigenvalue weighted by molar-refractivity contribution is -0.384. The highest BCUT2D eigenvalue weighted by atomic mass is 16.6. The number of aromatic nitrogens is 5. The molecule has 0 spiro atoms. The zero-order valence-corrected chi connectivity index (χ0v) is 12.2. The van der Waals surface area contributed by atoms with E-state index in [9.17, 15) is 20.3 Å². The summed E-state index contributed by atoms with van der Waals surface area (Å²) in [6.45, 7) is -0.381. The van der Waals surface area contributed by atoms with E-state index in [4.69, 9.17) is 0 Å². The SMILES string of the molecule is O=[N+]([O-])c1ccc([C@@H](O)[C@H](CO)Nc2ccc3nnnn3n2)cc1. The number of aliphatic hydroxyl groups excluding tert-OH is 2. The zero-order chi connectivity index (χ0) is 17.1. The van der Waals surface area contributed by atoms with Gasteiger partial charge >= 0.3 is 0 Å². The summed E-state index contributed by atoms with van der Waals surface area (Å²) in [7, 11) is 0. The zero-order valence-electron chi connectivity index (χ0n) is 12.2. The van der Waals surface area contributed by atoms with Crippen molar-refractivity contribution in [1.82, 2.24) is 25.3 Å². The second-order valence-electron chi connectivity index (χ2n) is 4.97. The maximum Gasteiger partial charge on any atom is 0.269 e. The van der Waals surface area contributed by atoms with Gasteiger partial charge in [0.1, 0.15) is 11.9 Å². The topological polar surface area (TPSA) is 152 Å². The number of rotatable bonds is 6. The van der Waals surface area contributed by atoms with Gasteiger partial charge in [-0.15, -0.1) is 14.8 Å². The number of benzene rings is 1. The molecule has 3 aromatic rings. The molecule has 1 aromatic carbocycles. The molecule has 0 aliphatic heterocycles. The van der Waals surface area contributed by atoms with Crippen molar-refractivity contribution in [2.24, 2.45) is 0 Å². The van der Waals surface area contributed by atoms with Crippen molar-refractivity contribution in [3.63, 3.8) is 0 Å². The van der Waals surface area contributed by atoms with Gasteiger partial charge < -0.3 is 15.5 Å². The third-order valence-electron chi connectivity index (χ3n) is 3.43. The van der Waals surface area contributed by atoms with Crippen LogP contribution in [0.1, 0.15) is 11.7 Å². The van der Waals surface area contributed by atoms with E-state index in [1.54, 1.807) is 12.1 Å². The fourth-order valence-electron chi connectivity index (χ4n) is 2.17. The molecule has 11 heteroatoms. The molecule has 0 amide bonds. The summed E-state index contributed by atoms with van der Waals surface area (Å²) >= 11 is 0. The van der Waals surface area contributed by atoms with Crippen LogP contribution in [0, 0.1) is 10.1 Å². The van der Waals surface area contributed by atoms with Crippen LogP contribution in [0.2, 0.25) is 0 Å². The van der Waals surface area contributed by atoms with Gasteiger partial charge in [0.05, 0.1) is 17.6 Å². The normalized spacial score (nSPS) is 13.6. The molecule has 0 aliphatic carbocycles. The Hall–Kier alpha value is -3.18. The van der Waals surface area contributed by atoms with E-state index in [-0.39, 0.29) is 12.3 Å². The summed E-state index contributed by atoms with van der Waals surface area (Å²) in [6.07, 6.45) is -1.10. The van der Waals surface area contributed by atoms with Crippen molar-refractivity contribution in [3.8, 4) is 0 Å². The van der Waals surface area contributed by atoms with Crippen molar-refractivity contribution < 1.29 is 15.1 Å². The van der Waals surface area contributed by atoms with Crippen LogP contribution in [0.15, 0.2) is 36.4 Å². The van der Waals surface area contributed by atoms with E-state index in [2.05, 4.69) is 25.9 Å². The third-order valence-corrected chi connectivity index (χ3v) is 3.43. The Kier molecular flexibility index (Phi) is 4.26. The molecule has 11 nitrogen and oxygen atoms in total. The molecule has 0 fully saturated rings. The summed E-state index contributed by atoms with van der Waals surface area (Å²) in [5, 5.41) is 48.4. The fraction of sp³-hybridized carbons (Fsp3) is 0.231. The smallest absolute Gasteiger partial charge is 0.269 e. The molecule has 0 bridgehead atoms. The summed E-state index contributed by atoms with van der Waals surface area (Å²) in [4.78, 5) is 10.1. The Morgan fingerprint density at radius 2 is 2.00 bits per heavy atom. The van der Waals surface area contributed by atoms with E-state index >= 15 is 0 Å². The highest BCUT2D eigenvalue weighted by Crippen LogP contribution is 2.22. The number of anilines is 1. The van der Waals surface area contributed by atoms with E-state index in [0.717, 1.165) is 0 Å². The fourth-order valence-corrected chi connectivity index (χ4v) is 2.17. The van der Waals surface area contributed by atoms with E-state index in [0.29, 0.717) is 17.0 Å². The Morgan fingerprint density at radius 3 is 2.67 bits per heavy atom. The second kappa shape index (κ2) is 6.52. The summed E-state index contributed by atoms with van der Waals surface area (Å²) in [6, 6.07) is 7.92. The monoisotopic (exact) mass is 331 g/mol. The van der Waals surface area contributed by atoms with Crippen LogP contribution in [-0.2, 0) is 0 Å². The van der Waals surface area contributed by atoms with Crippen LogP contribution in [0.3, 0.4) is 0 Å². The molecule has 2 atom stereocenters. The van der Waals surface area contributed by atoms with Crippen molar-refractivity contribution >= 4 is 17.2 Å². The Bertz CT molecular complexity index is 851. The lowest BCUT2D eigenvalue weighted by Gasteiger charge is -2.22. The van der Waals surface area contributed by atoms with Crippen molar-refractivity contribution in [3.05, 3.63) is 52.1 Å². The van der Waals surface area contributed by atoms with Crippen LogP contribution in [-0.4, -0.2) is 53.0 Å². The van der Waals surface area contributed by atoms with Gasteiger partial charge in [0, 0.05) is 12.1 Å². The number of non-ortho nitro benzene ring substituents is 1. The lowest BCUT2D eigenvalue weighted by Crippen LogP contribution is -2.31. The van der Waals surface area contributed by atoms with E-state index in [1.807, 2.05) is 0 Å². The van der Waals surface area contributed by atoms with Gasteiger partial charge in [-0.3, -0.25) is 10.1 Å². The molecule has 0 aliphatic rings. The second-order valence-corrected chi connectivity index (χ2v) is 4.97. The van der Waals surface area contributed by atoms with Crippen molar-refractivity contribution in [2.45, 2.75) is 12.1 Å². The molecule has 124 valence electrons. The minimum absolute atomic E-state index is 0.0785. The van der Waals surface area contributed by atoms with Gasteiger partial charge in [-0.1, -0.05) is 0 Å². The predicted molar refractivity (Wildman–Crippen MR) is 81.1 cm³/mol. The van der Waals surface area contributed by atoms with Crippen LogP contribution >= 0.6 is 0 Å². The van der Waals surface area contributed by atoms with Gasteiger partial charge in [-0.25, -0.2) is 0 Å². The summed E-state index contributed by atoms with van der Waals surface area (Å²) < 4.78 is 1.20. The quantitative estimate of drug-likeness (QED) is 0.416. The molecule has 2 heterocycles. The van der Waals surface area contributed by atoms with Crippen LogP contribution in [0.5, 0.6) is 0 Å². The average molecular weight is 331 g/mol. The standard InChI is InChI=1S/C13H13N7O4/c21-7-10(13(22)8-1-3-9(4-2-8)20(23)24)14-11-5-6-12-15-17-18-19(12)16-11/h1-6,10,13,21-22H,7H2,(H,14,16)/t10-,13+/m0/s1. The summed E-state index contributed by atoms with van der Waals surface area (Å²) in [5.74, 6) is 0.356. The average Bonchev–Trinajstić information content (AvgIpc) is 3.07. The third kappa shape index (κ3) is 3.11. The number of tetrazole rings is 1. The van der Waals surface area contributed by atoms with Crippen molar-refractivity contribution in [1.29, 1.82) is 0 Å². The van der Waals surface area contributed by atoms with Gasteiger partial charge in [0.25, 0.3) is 5.69 Å². The number of aliphatic hydroxyl groups is 2. The molecule has 0 saturated heterocycles. The minimum atomic E-state index is -1.10. The number of hydrogen-bond acceptors (Lipinski definition) is 9. The first kappa shape index (κ1) is 15.7. The number of hydrogen-bond donors (Lipinski definition) is 3. The molecule has 3 N–H and O–H groups in total. The molecule has 24 heavy (non-hydrogen) atoms. The van der Waals surface area contributed by atoms with E-state index < -0.39 is 17.1 Å². The van der Waals surface area contributed by atoms with Crippen molar-refractivity contribution in [2.75, 3.05) is 11.9 Å². The number of nitro groups is 1. The number of nitrogens with zero attached hydrogens (tertiary/aromatic N) is 6. The number of nitro benzene ring substituents is 1. The maximum absolute atomic E-state index is 10.7. The van der Waals surface area contributed by atoms with Gasteiger partial charge in [0.2, 0.25) is 0 Å². The molecular formula is C13H13N7O4.